The van der Waals surface area contributed by atoms with Gasteiger partial charge in [-0.05, 0) is 39.2 Å². The first kappa shape index (κ1) is 24.0. The van der Waals surface area contributed by atoms with Gasteiger partial charge in [-0.15, -0.1) is 24.0 Å². The van der Waals surface area contributed by atoms with Crippen LogP contribution in [0.2, 0.25) is 0 Å². The van der Waals surface area contributed by atoms with E-state index in [4.69, 9.17) is 14.2 Å². The summed E-state index contributed by atoms with van der Waals surface area (Å²) in [6, 6.07) is 8.04. The fourth-order valence-electron chi connectivity index (χ4n) is 2.81. The highest BCUT2D eigenvalue weighted by Gasteiger charge is 2.14. The van der Waals surface area contributed by atoms with Crippen molar-refractivity contribution in [3.05, 3.63) is 29.8 Å². The number of rotatable bonds is 11. The third-order valence-electron chi connectivity index (χ3n) is 4.11. The predicted molar refractivity (Wildman–Crippen MR) is 120 cm³/mol. The van der Waals surface area contributed by atoms with Crippen molar-refractivity contribution in [1.29, 1.82) is 0 Å². The van der Waals surface area contributed by atoms with Gasteiger partial charge in [-0.2, -0.15) is 0 Å². The van der Waals surface area contributed by atoms with E-state index in [-0.39, 0.29) is 24.0 Å². The van der Waals surface area contributed by atoms with Gasteiger partial charge in [0, 0.05) is 31.9 Å². The van der Waals surface area contributed by atoms with E-state index < -0.39 is 0 Å². The lowest BCUT2D eigenvalue weighted by Crippen LogP contribution is -2.38. The van der Waals surface area contributed by atoms with Crippen molar-refractivity contribution in [2.75, 3.05) is 39.5 Å². The summed E-state index contributed by atoms with van der Waals surface area (Å²) in [7, 11) is 0. The standard InChI is InChI=1S/C20H33N3O3.HI/c1-3-21-20(22-12-8-13-24-16-18-10-7-14-26-18)23-15-17-9-5-6-11-19(17)25-4-2;/h5-6,9,11,18H,3-4,7-8,10,12-16H2,1-2H3,(H2,21,22,23);1H. The summed E-state index contributed by atoms with van der Waals surface area (Å²) in [6.07, 6.45) is 3.52. The number of aliphatic imine (C=N–C) groups is 1. The highest BCUT2D eigenvalue weighted by molar-refractivity contribution is 14.0. The van der Waals surface area contributed by atoms with Crippen LogP contribution in [0.15, 0.2) is 29.3 Å². The molecule has 1 aliphatic rings. The first-order chi connectivity index (χ1) is 12.8. The highest BCUT2D eigenvalue weighted by atomic mass is 127. The number of para-hydroxylation sites is 1. The molecular formula is C20H34IN3O3. The van der Waals surface area contributed by atoms with Gasteiger partial charge in [0.2, 0.25) is 0 Å². The van der Waals surface area contributed by atoms with Gasteiger partial charge in [-0.25, -0.2) is 4.99 Å². The lowest BCUT2D eigenvalue weighted by Gasteiger charge is -2.13. The van der Waals surface area contributed by atoms with Crippen LogP contribution in [0.1, 0.15) is 38.7 Å². The van der Waals surface area contributed by atoms with Crippen molar-refractivity contribution in [3.8, 4) is 5.75 Å². The molecule has 1 aliphatic heterocycles. The molecule has 2 N–H and O–H groups in total. The number of hydrogen-bond donors (Lipinski definition) is 2. The van der Waals surface area contributed by atoms with Crippen molar-refractivity contribution in [1.82, 2.24) is 10.6 Å². The van der Waals surface area contributed by atoms with Gasteiger partial charge in [0.05, 0.1) is 25.9 Å². The molecule has 1 aromatic rings. The van der Waals surface area contributed by atoms with Crippen LogP contribution in [0.25, 0.3) is 0 Å². The van der Waals surface area contributed by atoms with Crippen molar-refractivity contribution in [2.45, 2.75) is 45.8 Å². The van der Waals surface area contributed by atoms with Crippen LogP contribution >= 0.6 is 24.0 Å². The molecule has 1 aromatic carbocycles. The number of ether oxygens (including phenoxy) is 3. The maximum absolute atomic E-state index is 5.69. The molecule has 0 amide bonds. The Bertz CT molecular complexity index is 537. The molecule has 154 valence electrons. The normalized spacial score (nSPS) is 16.7. The number of guanidine groups is 1. The minimum Gasteiger partial charge on any atom is -0.494 e. The van der Waals surface area contributed by atoms with E-state index in [1.807, 2.05) is 25.1 Å². The van der Waals surface area contributed by atoms with E-state index in [9.17, 15) is 0 Å². The molecule has 0 aromatic heterocycles. The summed E-state index contributed by atoms with van der Waals surface area (Å²) < 4.78 is 16.9. The van der Waals surface area contributed by atoms with Crippen LogP contribution in [0.5, 0.6) is 5.75 Å². The molecule has 0 aliphatic carbocycles. The molecule has 2 rings (SSSR count). The molecule has 1 saturated heterocycles. The van der Waals surface area contributed by atoms with E-state index in [2.05, 4.69) is 28.6 Å². The number of nitrogens with zero attached hydrogens (tertiary/aromatic N) is 1. The van der Waals surface area contributed by atoms with Crippen molar-refractivity contribution >= 4 is 29.9 Å². The van der Waals surface area contributed by atoms with Crippen LogP contribution in [0.3, 0.4) is 0 Å². The number of nitrogens with one attached hydrogen (secondary N) is 2. The number of hydrogen-bond acceptors (Lipinski definition) is 4. The Balaban J connectivity index is 0.00000364. The van der Waals surface area contributed by atoms with E-state index in [1.54, 1.807) is 0 Å². The highest BCUT2D eigenvalue weighted by Crippen LogP contribution is 2.18. The smallest absolute Gasteiger partial charge is 0.191 e. The van der Waals surface area contributed by atoms with Gasteiger partial charge in [0.15, 0.2) is 5.96 Å². The van der Waals surface area contributed by atoms with E-state index in [1.165, 1.54) is 0 Å². The van der Waals surface area contributed by atoms with Gasteiger partial charge in [-0.3, -0.25) is 0 Å². The maximum Gasteiger partial charge on any atom is 0.191 e. The third-order valence-corrected chi connectivity index (χ3v) is 4.11. The van der Waals surface area contributed by atoms with E-state index in [0.717, 1.165) is 62.8 Å². The summed E-state index contributed by atoms with van der Waals surface area (Å²) in [5.74, 6) is 1.72. The Hall–Kier alpha value is -1.06. The van der Waals surface area contributed by atoms with Crippen LogP contribution in [-0.4, -0.2) is 51.6 Å². The minimum atomic E-state index is 0. The summed E-state index contributed by atoms with van der Waals surface area (Å²) in [4.78, 5) is 4.66. The zero-order chi connectivity index (χ0) is 18.5. The second-order valence-corrected chi connectivity index (χ2v) is 6.23. The molecule has 0 spiro atoms. The molecule has 6 nitrogen and oxygen atoms in total. The van der Waals surface area contributed by atoms with Crippen LogP contribution in [0.4, 0.5) is 0 Å². The number of halogens is 1. The van der Waals surface area contributed by atoms with Gasteiger partial charge in [0.1, 0.15) is 5.75 Å². The Morgan fingerprint density at radius 2 is 2.11 bits per heavy atom. The molecule has 27 heavy (non-hydrogen) atoms. The minimum absolute atomic E-state index is 0. The molecule has 1 unspecified atom stereocenters. The van der Waals surface area contributed by atoms with Gasteiger partial charge < -0.3 is 24.8 Å². The van der Waals surface area contributed by atoms with Gasteiger partial charge in [-0.1, -0.05) is 18.2 Å². The summed E-state index contributed by atoms with van der Waals surface area (Å²) in [6.45, 7) is 9.28. The quantitative estimate of drug-likeness (QED) is 0.215. The lowest BCUT2D eigenvalue weighted by atomic mass is 10.2. The van der Waals surface area contributed by atoms with Crippen LogP contribution in [0, 0.1) is 0 Å². The molecule has 1 heterocycles. The maximum atomic E-state index is 5.69. The van der Waals surface area contributed by atoms with Gasteiger partial charge >= 0.3 is 0 Å². The fraction of sp³-hybridized carbons (Fsp3) is 0.650. The summed E-state index contributed by atoms with van der Waals surface area (Å²) >= 11 is 0. The summed E-state index contributed by atoms with van der Waals surface area (Å²) in [5, 5.41) is 6.63. The molecule has 1 atom stereocenters. The van der Waals surface area contributed by atoms with Crippen molar-refractivity contribution in [2.24, 2.45) is 4.99 Å². The number of benzene rings is 1. The molecule has 0 bridgehead atoms. The van der Waals surface area contributed by atoms with Gasteiger partial charge in [0.25, 0.3) is 0 Å². The molecule has 7 heteroatoms. The Morgan fingerprint density at radius 3 is 2.85 bits per heavy atom. The molecule has 1 fully saturated rings. The average Bonchev–Trinajstić information content (AvgIpc) is 3.17. The van der Waals surface area contributed by atoms with Crippen LogP contribution in [-0.2, 0) is 16.0 Å². The average molecular weight is 491 g/mol. The largest absolute Gasteiger partial charge is 0.494 e. The van der Waals surface area contributed by atoms with E-state index >= 15 is 0 Å². The van der Waals surface area contributed by atoms with Crippen molar-refractivity contribution < 1.29 is 14.2 Å². The molecular weight excluding hydrogens is 457 g/mol. The van der Waals surface area contributed by atoms with Crippen LogP contribution < -0.4 is 15.4 Å². The Kier molecular flexibility index (Phi) is 13.3. The first-order valence-electron chi connectivity index (χ1n) is 9.75. The third kappa shape index (κ3) is 9.62. The Morgan fingerprint density at radius 1 is 1.26 bits per heavy atom. The lowest BCUT2D eigenvalue weighted by molar-refractivity contribution is 0.0168. The second-order valence-electron chi connectivity index (χ2n) is 6.23. The first-order valence-corrected chi connectivity index (χ1v) is 9.75. The predicted octanol–water partition coefficient (Wildman–Crippen LogP) is 3.34. The second kappa shape index (κ2) is 14.9. The van der Waals surface area contributed by atoms with Crippen molar-refractivity contribution in [3.63, 3.8) is 0 Å². The Labute approximate surface area is 180 Å². The molecule has 0 saturated carbocycles. The zero-order valence-electron chi connectivity index (χ0n) is 16.5. The fourth-order valence-corrected chi connectivity index (χ4v) is 2.81. The molecule has 0 radical (unpaired) electrons. The topological polar surface area (TPSA) is 64.1 Å². The monoisotopic (exact) mass is 491 g/mol. The summed E-state index contributed by atoms with van der Waals surface area (Å²) in [5.41, 5.74) is 1.09. The van der Waals surface area contributed by atoms with E-state index in [0.29, 0.717) is 25.9 Å². The SMILES string of the molecule is CCNC(=NCc1ccccc1OCC)NCCCOCC1CCCO1.I. The zero-order valence-corrected chi connectivity index (χ0v) is 18.9.